The van der Waals surface area contributed by atoms with E-state index in [9.17, 15) is 13.9 Å². The van der Waals surface area contributed by atoms with Crippen molar-refractivity contribution in [3.63, 3.8) is 0 Å². The van der Waals surface area contributed by atoms with Crippen molar-refractivity contribution in [2.24, 2.45) is 0 Å². The van der Waals surface area contributed by atoms with Crippen molar-refractivity contribution < 1.29 is 18.1 Å². The third kappa shape index (κ3) is 6.87. The number of nitrogens with zero attached hydrogens (tertiary/aromatic N) is 1. The van der Waals surface area contributed by atoms with E-state index in [1.165, 1.54) is 0 Å². The topological polar surface area (TPSA) is 79.7 Å². The van der Waals surface area contributed by atoms with Crippen LogP contribution in [0.3, 0.4) is 0 Å². The lowest BCUT2D eigenvalue weighted by Crippen LogP contribution is -2.18. The van der Waals surface area contributed by atoms with Crippen molar-refractivity contribution in [2.75, 3.05) is 0 Å². The largest absolute Gasteiger partial charge is 0.386 e. The predicted molar refractivity (Wildman–Crippen MR) is 147 cm³/mol. The number of benzene rings is 3. The lowest BCUT2D eigenvalue weighted by Gasteiger charge is -2.23. The zero-order valence-corrected chi connectivity index (χ0v) is 21.7. The molecule has 4 aromatic rings. The molecule has 0 aliphatic carbocycles. The number of aromatic nitrogens is 1. The third-order valence-corrected chi connectivity index (χ3v) is 6.59. The Morgan fingerprint density at radius 2 is 1.81 bits per heavy atom. The van der Waals surface area contributed by atoms with Crippen LogP contribution in [0.5, 0.6) is 0 Å². The van der Waals surface area contributed by atoms with Gasteiger partial charge in [-0.05, 0) is 79.3 Å². The van der Waals surface area contributed by atoms with Gasteiger partial charge in [0.15, 0.2) is 0 Å². The van der Waals surface area contributed by atoms with Crippen LogP contribution in [0.15, 0.2) is 78.9 Å². The molecule has 5 nitrogen and oxygen atoms in total. The second-order valence-electron chi connectivity index (χ2n) is 9.13. The van der Waals surface area contributed by atoms with Crippen LogP contribution in [0, 0.1) is 0 Å². The van der Waals surface area contributed by atoms with Gasteiger partial charge in [0.2, 0.25) is 0 Å². The van der Waals surface area contributed by atoms with Gasteiger partial charge in [-0.3, -0.25) is 8.74 Å². The normalized spacial score (nSPS) is 13.8. The molecule has 2 unspecified atom stereocenters. The Morgan fingerprint density at radius 3 is 2.58 bits per heavy atom. The molecule has 2 atom stereocenters. The maximum absolute atomic E-state index is 11.6. The van der Waals surface area contributed by atoms with Gasteiger partial charge in [0.05, 0.1) is 16.8 Å². The standard InChI is InChI=1S/C29H28ClNO4S/c1-29(2,32)26-9-4-3-7-21(26)13-17-28(35-36(33)34)23-8-5-6-20(18-23)10-15-25-16-12-22-11-14-24(30)19-27(22)31-25/h3-12,14-16,18-19,28,32H,13,17H2,1-2H3,(H,33,34). The number of pyridine rings is 1. The van der Waals surface area contributed by atoms with Crippen LogP contribution in [0.2, 0.25) is 5.02 Å². The van der Waals surface area contributed by atoms with Crippen molar-refractivity contribution >= 4 is 46.0 Å². The number of hydrogen-bond acceptors (Lipinski definition) is 4. The summed E-state index contributed by atoms with van der Waals surface area (Å²) >= 11 is 3.68. The summed E-state index contributed by atoms with van der Waals surface area (Å²) in [5, 5.41) is 12.2. The Balaban J connectivity index is 1.55. The highest BCUT2D eigenvalue weighted by molar-refractivity contribution is 7.74. The van der Waals surface area contributed by atoms with E-state index < -0.39 is 23.1 Å². The summed E-state index contributed by atoms with van der Waals surface area (Å²) < 4.78 is 26.4. The average Bonchev–Trinajstić information content (AvgIpc) is 2.84. The van der Waals surface area contributed by atoms with E-state index in [1.807, 2.05) is 91.0 Å². The Bertz CT molecular complexity index is 1410. The van der Waals surface area contributed by atoms with E-state index >= 15 is 0 Å². The van der Waals surface area contributed by atoms with Crippen LogP contribution in [0.4, 0.5) is 0 Å². The van der Waals surface area contributed by atoms with E-state index in [0.29, 0.717) is 17.9 Å². The zero-order chi connectivity index (χ0) is 25.7. The molecule has 186 valence electrons. The highest BCUT2D eigenvalue weighted by Gasteiger charge is 2.21. The zero-order valence-electron chi connectivity index (χ0n) is 20.1. The van der Waals surface area contributed by atoms with Crippen LogP contribution in [0.1, 0.15) is 54.3 Å². The van der Waals surface area contributed by atoms with Gasteiger partial charge in [0, 0.05) is 10.4 Å². The lowest BCUT2D eigenvalue weighted by atomic mass is 9.90. The molecule has 0 saturated carbocycles. The number of fused-ring (bicyclic) bond motifs is 1. The number of hydrogen-bond donors (Lipinski definition) is 2. The summed E-state index contributed by atoms with van der Waals surface area (Å²) in [6, 6.07) is 24.9. The van der Waals surface area contributed by atoms with Gasteiger partial charge in [-0.25, -0.2) is 4.98 Å². The molecule has 0 aliphatic rings. The minimum atomic E-state index is -2.42. The molecule has 0 bridgehead atoms. The fraction of sp³-hybridized carbons (Fsp3) is 0.207. The van der Waals surface area contributed by atoms with Gasteiger partial charge in [-0.2, -0.15) is 4.21 Å². The molecule has 1 heterocycles. The summed E-state index contributed by atoms with van der Waals surface area (Å²) in [7, 11) is 0. The first-order valence-electron chi connectivity index (χ1n) is 11.6. The minimum Gasteiger partial charge on any atom is -0.386 e. The van der Waals surface area contributed by atoms with E-state index in [1.54, 1.807) is 13.8 Å². The Labute approximate surface area is 218 Å². The summed E-state index contributed by atoms with van der Waals surface area (Å²) in [5.41, 5.74) is 4.13. The van der Waals surface area contributed by atoms with Crippen LogP contribution >= 0.6 is 11.6 Å². The number of aryl methyl sites for hydroxylation is 1. The first kappa shape index (κ1) is 26.2. The molecule has 0 aliphatic heterocycles. The Hall–Kier alpha value is -2.87. The van der Waals surface area contributed by atoms with Gasteiger partial charge in [-0.1, -0.05) is 72.3 Å². The summed E-state index contributed by atoms with van der Waals surface area (Å²) in [5.74, 6) is 0. The monoisotopic (exact) mass is 521 g/mol. The Morgan fingerprint density at radius 1 is 1.03 bits per heavy atom. The summed E-state index contributed by atoms with van der Waals surface area (Å²) in [6.45, 7) is 3.49. The maximum atomic E-state index is 11.6. The van der Waals surface area contributed by atoms with E-state index in [4.69, 9.17) is 15.8 Å². The molecular weight excluding hydrogens is 494 g/mol. The number of aliphatic hydroxyl groups is 1. The van der Waals surface area contributed by atoms with Gasteiger partial charge in [0.1, 0.15) is 6.10 Å². The fourth-order valence-electron chi connectivity index (χ4n) is 4.23. The second-order valence-corrected chi connectivity index (χ2v) is 10.2. The molecule has 3 aromatic carbocycles. The molecule has 4 rings (SSSR count). The van der Waals surface area contributed by atoms with Crippen molar-refractivity contribution in [1.29, 1.82) is 0 Å². The predicted octanol–water partition coefficient (Wildman–Crippen LogP) is 7.11. The first-order chi connectivity index (χ1) is 17.2. The fourth-order valence-corrected chi connectivity index (χ4v) is 4.81. The minimum absolute atomic E-state index is 0.472. The van der Waals surface area contributed by atoms with Crippen LogP contribution in [-0.2, 0) is 27.6 Å². The maximum Gasteiger partial charge on any atom is 0.302 e. The quantitative estimate of drug-likeness (QED) is 0.229. The molecule has 1 aromatic heterocycles. The van der Waals surface area contributed by atoms with Crippen LogP contribution < -0.4 is 0 Å². The molecule has 36 heavy (non-hydrogen) atoms. The van der Waals surface area contributed by atoms with E-state index in [2.05, 4.69) is 4.98 Å². The van der Waals surface area contributed by atoms with E-state index in [0.717, 1.165) is 38.9 Å². The lowest BCUT2D eigenvalue weighted by molar-refractivity contribution is 0.0773. The van der Waals surface area contributed by atoms with Gasteiger partial charge in [-0.15, -0.1) is 0 Å². The molecule has 0 saturated heterocycles. The van der Waals surface area contributed by atoms with Crippen LogP contribution in [-0.4, -0.2) is 18.9 Å². The highest BCUT2D eigenvalue weighted by atomic mass is 35.5. The summed E-state index contributed by atoms with van der Waals surface area (Å²) in [6.07, 6.45) is 4.31. The van der Waals surface area contributed by atoms with E-state index in [-0.39, 0.29) is 0 Å². The van der Waals surface area contributed by atoms with Crippen molar-refractivity contribution in [3.8, 4) is 0 Å². The Kier molecular flexibility index (Phi) is 8.34. The average molecular weight is 522 g/mol. The number of halogens is 1. The molecule has 0 amide bonds. The van der Waals surface area contributed by atoms with Crippen molar-refractivity contribution in [3.05, 3.63) is 112 Å². The molecular formula is C29H28ClNO4S. The van der Waals surface area contributed by atoms with Gasteiger partial charge in [0.25, 0.3) is 0 Å². The molecule has 0 spiro atoms. The highest BCUT2D eigenvalue weighted by Crippen LogP contribution is 2.29. The van der Waals surface area contributed by atoms with Crippen molar-refractivity contribution in [1.82, 2.24) is 4.98 Å². The smallest absolute Gasteiger partial charge is 0.302 e. The van der Waals surface area contributed by atoms with Gasteiger partial charge < -0.3 is 5.11 Å². The number of rotatable bonds is 9. The van der Waals surface area contributed by atoms with Crippen molar-refractivity contribution in [2.45, 2.75) is 38.4 Å². The SMILES string of the molecule is CC(C)(O)c1ccccc1CCC(OS(=O)O)c1cccc(C=Cc2ccc3ccc(Cl)cc3n2)c1. The second kappa shape index (κ2) is 11.5. The molecule has 7 heteroatoms. The summed E-state index contributed by atoms with van der Waals surface area (Å²) in [4.78, 5) is 4.65. The third-order valence-electron chi connectivity index (χ3n) is 5.96. The van der Waals surface area contributed by atoms with Gasteiger partial charge >= 0.3 is 11.4 Å². The van der Waals surface area contributed by atoms with Crippen LogP contribution in [0.25, 0.3) is 23.1 Å². The molecule has 2 N–H and O–H groups in total. The molecule has 0 fully saturated rings. The first-order valence-corrected chi connectivity index (χ1v) is 13.0. The molecule has 0 radical (unpaired) electrons.